The third-order valence-electron chi connectivity index (χ3n) is 2.12. The Morgan fingerprint density at radius 1 is 1.35 bits per heavy atom. The molecule has 1 amide bonds. The first-order valence-electron chi connectivity index (χ1n) is 5.48. The Morgan fingerprint density at radius 2 is 1.94 bits per heavy atom. The fourth-order valence-corrected chi connectivity index (χ4v) is 1.65. The first-order chi connectivity index (χ1) is 7.79. The highest BCUT2D eigenvalue weighted by Gasteiger charge is 2.17. The minimum atomic E-state index is -0.257. The normalized spacial score (nSPS) is 11.0. The highest BCUT2D eigenvalue weighted by molar-refractivity contribution is 7.80. The van der Waals surface area contributed by atoms with E-state index in [0.29, 0.717) is 17.0 Å². The molecule has 0 fully saturated rings. The highest BCUT2D eigenvalue weighted by atomic mass is 32.1. The molecule has 0 radical (unpaired) electrons. The molecule has 0 aliphatic carbocycles. The highest BCUT2D eigenvalue weighted by Crippen LogP contribution is 2.11. The van der Waals surface area contributed by atoms with Crippen molar-refractivity contribution in [3.05, 3.63) is 35.4 Å². The number of benzene rings is 1. The number of amides is 1. The Balaban J connectivity index is 2.97. The van der Waals surface area contributed by atoms with Crippen LogP contribution in [0.3, 0.4) is 0 Å². The Morgan fingerprint density at radius 3 is 2.47 bits per heavy atom. The number of hydrogen-bond acceptors (Lipinski definition) is 2. The molecule has 1 aromatic carbocycles. The van der Waals surface area contributed by atoms with E-state index in [1.165, 1.54) is 0 Å². The lowest BCUT2D eigenvalue weighted by molar-refractivity contribution is 0.0919. The number of hydrogen-bond donors (Lipinski definition) is 2. The van der Waals surface area contributed by atoms with E-state index in [0.717, 1.165) is 5.56 Å². The summed E-state index contributed by atoms with van der Waals surface area (Å²) in [6, 6.07) is 7.37. The monoisotopic (exact) mass is 250 g/mol. The molecule has 0 saturated carbocycles. The van der Waals surface area contributed by atoms with Gasteiger partial charge in [-0.15, -0.1) is 0 Å². The van der Waals surface area contributed by atoms with Crippen LogP contribution in [0.2, 0.25) is 0 Å². The van der Waals surface area contributed by atoms with Crippen LogP contribution >= 0.6 is 12.2 Å². The average Bonchev–Trinajstić information content (AvgIpc) is 2.14. The van der Waals surface area contributed by atoms with Crippen LogP contribution in [0.15, 0.2) is 24.3 Å². The first-order valence-corrected chi connectivity index (χ1v) is 5.89. The van der Waals surface area contributed by atoms with E-state index in [1.807, 2.05) is 39.0 Å². The lowest BCUT2D eigenvalue weighted by Gasteiger charge is -2.21. The van der Waals surface area contributed by atoms with Gasteiger partial charge in [0.25, 0.3) is 5.91 Å². The molecule has 3 nitrogen and oxygen atoms in total. The van der Waals surface area contributed by atoms with Gasteiger partial charge in [0.1, 0.15) is 0 Å². The van der Waals surface area contributed by atoms with Gasteiger partial charge < -0.3 is 11.1 Å². The van der Waals surface area contributed by atoms with Gasteiger partial charge in [-0.25, -0.2) is 0 Å². The summed E-state index contributed by atoms with van der Waals surface area (Å²) in [5.41, 5.74) is 6.76. The van der Waals surface area contributed by atoms with Crippen LogP contribution in [-0.2, 0) is 6.42 Å². The van der Waals surface area contributed by atoms with E-state index >= 15 is 0 Å². The van der Waals surface area contributed by atoms with Crippen LogP contribution < -0.4 is 11.1 Å². The van der Waals surface area contributed by atoms with Gasteiger partial charge >= 0.3 is 0 Å². The lowest BCUT2D eigenvalue weighted by atomic mass is 10.0. The number of nitrogens with one attached hydrogen (secondary N) is 1. The number of rotatable bonds is 3. The third kappa shape index (κ3) is 4.53. The van der Waals surface area contributed by atoms with E-state index in [4.69, 9.17) is 18.0 Å². The van der Waals surface area contributed by atoms with Gasteiger partial charge in [-0.05, 0) is 32.4 Å². The zero-order valence-corrected chi connectivity index (χ0v) is 11.2. The van der Waals surface area contributed by atoms with Gasteiger partial charge in [-0.3, -0.25) is 4.79 Å². The molecule has 4 heteroatoms. The summed E-state index contributed by atoms with van der Waals surface area (Å²) in [7, 11) is 0. The molecule has 0 aromatic heterocycles. The minimum Gasteiger partial charge on any atom is -0.393 e. The molecule has 0 aliphatic heterocycles. The standard InChI is InChI=1S/C13H18N2OS/c1-13(2,3)15-12(16)10-7-5-4-6-9(10)8-11(14)17/h4-7H,8H2,1-3H3,(H2,14,17)(H,15,16). The molecule has 0 atom stereocenters. The Labute approximate surface area is 107 Å². The summed E-state index contributed by atoms with van der Waals surface area (Å²) in [5, 5.41) is 2.93. The summed E-state index contributed by atoms with van der Waals surface area (Å²) >= 11 is 4.88. The maximum Gasteiger partial charge on any atom is 0.251 e. The van der Waals surface area contributed by atoms with Crippen LogP contribution in [0.25, 0.3) is 0 Å². The lowest BCUT2D eigenvalue weighted by Crippen LogP contribution is -2.41. The molecule has 0 saturated heterocycles. The van der Waals surface area contributed by atoms with E-state index in [2.05, 4.69) is 5.32 Å². The maximum absolute atomic E-state index is 12.1. The molecule has 0 spiro atoms. The molecule has 3 N–H and O–H groups in total. The quantitative estimate of drug-likeness (QED) is 0.807. The van der Waals surface area contributed by atoms with Gasteiger partial charge in [0.15, 0.2) is 0 Å². The predicted octanol–water partition coefficient (Wildman–Crippen LogP) is 2.04. The fourth-order valence-electron chi connectivity index (χ4n) is 1.49. The Hall–Kier alpha value is -1.42. The summed E-state index contributed by atoms with van der Waals surface area (Å²) < 4.78 is 0. The topological polar surface area (TPSA) is 55.1 Å². The molecule has 92 valence electrons. The van der Waals surface area contributed by atoms with Crippen molar-refractivity contribution >= 4 is 23.1 Å². The number of thiocarbonyl (C=S) groups is 1. The van der Waals surface area contributed by atoms with Crippen molar-refractivity contribution in [2.45, 2.75) is 32.7 Å². The molecular weight excluding hydrogens is 232 g/mol. The number of carbonyl (C=O) groups is 1. The smallest absolute Gasteiger partial charge is 0.251 e. The first kappa shape index (κ1) is 13.6. The second-order valence-corrected chi connectivity index (χ2v) is 5.53. The SMILES string of the molecule is CC(C)(C)NC(=O)c1ccccc1CC(N)=S. The van der Waals surface area contributed by atoms with Crippen molar-refractivity contribution in [1.82, 2.24) is 5.32 Å². The van der Waals surface area contributed by atoms with Gasteiger partial charge in [-0.2, -0.15) is 0 Å². The Bertz CT molecular complexity index is 435. The van der Waals surface area contributed by atoms with Crippen molar-refractivity contribution < 1.29 is 4.79 Å². The maximum atomic E-state index is 12.1. The van der Waals surface area contributed by atoms with Gasteiger partial charge in [0, 0.05) is 17.5 Å². The van der Waals surface area contributed by atoms with E-state index < -0.39 is 0 Å². The molecule has 1 aromatic rings. The van der Waals surface area contributed by atoms with Crippen molar-refractivity contribution in [2.75, 3.05) is 0 Å². The second-order valence-electron chi connectivity index (χ2n) is 5.00. The van der Waals surface area contributed by atoms with Gasteiger partial charge in [0.2, 0.25) is 0 Å². The molecule has 0 bridgehead atoms. The predicted molar refractivity (Wildman–Crippen MR) is 74.2 cm³/mol. The van der Waals surface area contributed by atoms with Crippen LogP contribution in [-0.4, -0.2) is 16.4 Å². The summed E-state index contributed by atoms with van der Waals surface area (Å²) in [4.78, 5) is 12.5. The van der Waals surface area contributed by atoms with Crippen LogP contribution in [0.5, 0.6) is 0 Å². The summed E-state index contributed by atoms with van der Waals surface area (Å²) in [5.74, 6) is -0.0932. The molecule has 1 rings (SSSR count). The molecular formula is C13H18N2OS. The van der Waals surface area contributed by atoms with Crippen LogP contribution in [0.1, 0.15) is 36.7 Å². The van der Waals surface area contributed by atoms with Crippen molar-refractivity contribution in [1.29, 1.82) is 0 Å². The largest absolute Gasteiger partial charge is 0.393 e. The second kappa shape index (κ2) is 5.27. The van der Waals surface area contributed by atoms with Crippen LogP contribution in [0, 0.1) is 0 Å². The third-order valence-corrected chi connectivity index (χ3v) is 2.26. The Kier molecular flexibility index (Phi) is 4.23. The fraction of sp³-hybridized carbons (Fsp3) is 0.385. The number of nitrogens with two attached hydrogens (primary N) is 1. The van der Waals surface area contributed by atoms with Crippen molar-refractivity contribution in [3.8, 4) is 0 Å². The van der Waals surface area contributed by atoms with E-state index in [-0.39, 0.29) is 11.4 Å². The molecule has 0 aliphatic rings. The zero-order valence-electron chi connectivity index (χ0n) is 10.4. The molecule has 0 unspecified atom stereocenters. The zero-order chi connectivity index (χ0) is 13.1. The minimum absolute atomic E-state index is 0.0932. The molecule has 0 heterocycles. The van der Waals surface area contributed by atoms with Gasteiger partial charge in [-0.1, -0.05) is 30.4 Å². The van der Waals surface area contributed by atoms with E-state index in [1.54, 1.807) is 6.07 Å². The molecule has 17 heavy (non-hydrogen) atoms. The number of carbonyl (C=O) groups excluding carboxylic acids is 1. The van der Waals surface area contributed by atoms with Crippen molar-refractivity contribution in [3.63, 3.8) is 0 Å². The van der Waals surface area contributed by atoms with Gasteiger partial charge in [0.05, 0.1) is 4.99 Å². The van der Waals surface area contributed by atoms with Crippen molar-refractivity contribution in [2.24, 2.45) is 5.73 Å². The van der Waals surface area contributed by atoms with E-state index in [9.17, 15) is 4.79 Å². The average molecular weight is 250 g/mol. The summed E-state index contributed by atoms with van der Waals surface area (Å²) in [6.07, 6.45) is 0.447. The summed E-state index contributed by atoms with van der Waals surface area (Å²) in [6.45, 7) is 5.84. The van der Waals surface area contributed by atoms with Crippen LogP contribution in [0.4, 0.5) is 0 Å².